The van der Waals surface area contributed by atoms with Gasteiger partial charge in [-0.05, 0) is 18.6 Å². The molecule has 84 valence electrons. The van der Waals surface area contributed by atoms with Gasteiger partial charge in [-0.25, -0.2) is 0 Å². The first-order valence-corrected chi connectivity index (χ1v) is 4.76. The molecule has 0 aliphatic rings. The van der Waals surface area contributed by atoms with E-state index in [0.29, 0.717) is 6.54 Å². The maximum absolute atomic E-state index is 11.3. The molecule has 0 radical (unpaired) electrons. The van der Waals surface area contributed by atoms with Gasteiger partial charge in [-0.2, -0.15) is 0 Å². The van der Waals surface area contributed by atoms with Crippen LogP contribution in [0, 0.1) is 0 Å². The number of aliphatic hydroxyl groups excluding tert-OH is 1. The van der Waals surface area contributed by atoms with Gasteiger partial charge in [-0.1, -0.05) is 0 Å². The Labute approximate surface area is 88.4 Å². The first kappa shape index (κ1) is 11.7. The van der Waals surface area contributed by atoms with Crippen molar-refractivity contribution in [1.29, 1.82) is 0 Å². The molecule has 5 heteroatoms. The molecular weight excluding hydrogens is 196 g/mol. The topological polar surface area (TPSA) is 74.3 Å². The summed E-state index contributed by atoms with van der Waals surface area (Å²) in [6.45, 7) is 2.06. The van der Waals surface area contributed by atoms with Crippen molar-refractivity contribution in [2.24, 2.45) is 0 Å². The van der Waals surface area contributed by atoms with Crippen LogP contribution in [-0.4, -0.2) is 35.3 Å². The highest BCUT2D eigenvalue weighted by atomic mass is 16.5. The molecule has 0 saturated carbocycles. The van der Waals surface area contributed by atoms with Gasteiger partial charge in [0.05, 0.1) is 13.2 Å². The summed E-state index contributed by atoms with van der Waals surface area (Å²) in [4.78, 5) is 14.2. The van der Waals surface area contributed by atoms with Crippen LogP contribution in [0.15, 0.2) is 18.5 Å². The molecule has 5 nitrogen and oxygen atoms in total. The fourth-order valence-corrected chi connectivity index (χ4v) is 1.27. The molecule has 0 fully saturated rings. The number of hydrogen-bond donors (Lipinski definition) is 3. The van der Waals surface area contributed by atoms with Crippen molar-refractivity contribution in [1.82, 2.24) is 10.3 Å². The van der Waals surface area contributed by atoms with Crippen LogP contribution in [0.3, 0.4) is 0 Å². The highest BCUT2D eigenvalue weighted by molar-refractivity contribution is 5.76. The predicted octanol–water partition coefficient (Wildman–Crippen LogP) is 0.0267. The first-order chi connectivity index (χ1) is 7.15. The van der Waals surface area contributed by atoms with E-state index >= 15 is 0 Å². The van der Waals surface area contributed by atoms with Crippen molar-refractivity contribution in [2.75, 3.05) is 7.11 Å². The Balaban J connectivity index is 2.49. The van der Waals surface area contributed by atoms with Gasteiger partial charge in [0.15, 0.2) is 0 Å². The molecule has 0 spiro atoms. The third-order valence-electron chi connectivity index (χ3n) is 2.13. The van der Waals surface area contributed by atoms with E-state index in [1.165, 1.54) is 7.11 Å². The summed E-state index contributed by atoms with van der Waals surface area (Å²) in [5.41, 5.74) is 1.02. The second-order valence-electron chi connectivity index (χ2n) is 3.34. The Bertz CT molecular complexity index is 296. The quantitative estimate of drug-likeness (QED) is 0.602. The van der Waals surface area contributed by atoms with Crippen molar-refractivity contribution >= 4 is 5.97 Å². The SMILES string of the molecule is COC(=O)[C@@H](NCc1cc[nH]c1)[C@H](C)O. The van der Waals surface area contributed by atoms with Crippen LogP contribution in [0.5, 0.6) is 0 Å². The largest absolute Gasteiger partial charge is 0.468 e. The highest BCUT2D eigenvalue weighted by Gasteiger charge is 2.23. The molecule has 0 aromatic carbocycles. The number of H-pyrrole nitrogens is 1. The number of hydrogen-bond acceptors (Lipinski definition) is 4. The van der Waals surface area contributed by atoms with E-state index in [-0.39, 0.29) is 0 Å². The lowest BCUT2D eigenvalue weighted by Gasteiger charge is -2.18. The smallest absolute Gasteiger partial charge is 0.325 e. The van der Waals surface area contributed by atoms with E-state index < -0.39 is 18.1 Å². The maximum atomic E-state index is 11.3. The molecule has 0 amide bonds. The summed E-state index contributed by atoms with van der Waals surface area (Å²) in [6, 6.07) is 1.20. The van der Waals surface area contributed by atoms with Crippen molar-refractivity contribution in [3.8, 4) is 0 Å². The second-order valence-corrected chi connectivity index (χ2v) is 3.34. The first-order valence-electron chi connectivity index (χ1n) is 4.76. The van der Waals surface area contributed by atoms with Gasteiger partial charge >= 0.3 is 5.97 Å². The highest BCUT2D eigenvalue weighted by Crippen LogP contribution is 2.00. The van der Waals surface area contributed by atoms with E-state index in [2.05, 4.69) is 15.0 Å². The lowest BCUT2D eigenvalue weighted by Crippen LogP contribution is -2.45. The summed E-state index contributed by atoms with van der Waals surface area (Å²) < 4.78 is 4.57. The Morgan fingerprint density at radius 2 is 2.47 bits per heavy atom. The molecule has 1 heterocycles. The molecule has 0 aliphatic carbocycles. The summed E-state index contributed by atoms with van der Waals surface area (Å²) in [5, 5.41) is 12.3. The molecule has 0 saturated heterocycles. The average molecular weight is 212 g/mol. The number of methoxy groups -OCH3 is 1. The Morgan fingerprint density at radius 3 is 2.93 bits per heavy atom. The molecule has 1 rings (SSSR count). The molecule has 1 aromatic heterocycles. The third kappa shape index (κ3) is 3.38. The van der Waals surface area contributed by atoms with Crippen LogP contribution in [0.2, 0.25) is 0 Å². The van der Waals surface area contributed by atoms with Gasteiger partial charge in [-0.3, -0.25) is 10.1 Å². The number of aromatic amines is 1. The maximum Gasteiger partial charge on any atom is 0.325 e. The predicted molar refractivity (Wildman–Crippen MR) is 55.1 cm³/mol. The molecule has 1 aromatic rings. The van der Waals surface area contributed by atoms with Gasteiger partial charge in [0.25, 0.3) is 0 Å². The number of ether oxygens (including phenoxy) is 1. The van der Waals surface area contributed by atoms with Crippen molar-refractivity contribution in [2.45, 2.75) is 25.6 Å². The van der Waals surface area contributed by atoms with Crippen molar-refractivity contribution in [3.63, 3.8) is 0 Å². The normalized spacial score (nSPS) is 14.6. The Hall–Kier alpha value is -1.33. The van der Waals surface area contributed by atoms with Gasteiger partial charge in [0.2, 0.25) is 0 Å². The van der Waals surface area contributed by atoms with E-state index in [0.717, 1.165) is 5.56 Å². The molecule has 0 bridgehead atoms. The van der Waals surface area contributed by atoms with Gasteiger partial charge in [-0.15, -0.1) is 0 Å². The number of rotatable bonds is 5. The van der Waals surface area contributed by atoms with Crippen LogP contribution in [0.1, 0.15) is 12.5 Å². The lowest BCUT2D eigenvalue weighted by molar-refractivity contribution is -0.145. The zero-order valence-corrected chi connectivity index (χ0v) is 8.86. The van der Waals surface area contributed by atoms with Crippen molar-refractivity contribution < 1.29 is 14.6 Å². The van der Waals surface area contributed by atoms with E-state index in [1.54, 1.807) is 13.1 Å². The zero-order chi connectivity index (χ0) is 11.3. The zero-order valence-electron chi connectivity index (χ0n) is 8.86. The van der Waals surface area contributed by atoms with Gasteiger partial charge < -0.3 is 14.8 Å². The number of nitrogens with one attached hydrogen (secondary N) is 2. The monoisotopic (exact) mass is 212 g/mol. The van der Waals surface area contributed by atoms with Crippen LogP contribution < -0.4 is 5.32 Å². The summed E-state index contributed by atoms with van der Waals surface area (Å²) in [7, 11) is 1.30. The molecule has 0 unspecified atom stereocenters. The Morgan fingerprint density at radius 1 is 1.73 bits per heavy atom. The fraction of sp³-hybridized carbons (Fsp3) is 0.500. The van der Waals surface area contributed by atoms with Gasteiger partial charge in [0.1, 0.15) is 6.04 Å². The molecular formula is C10H16N2O3. The standard InChI is InChI=1S/C10H16N2O3/c1-7(13)9(10(14)15-2)12-6-8-3-4-11-5-8/h3-5,7,9,11-13H,6H2,1-2H3/t7-,9-/m0/s1. The molecule has 3 N–H and O–H groups in total. The molecule has 15 heavy (non-hydrogen) atoms. The minimum absolute atomic E-state index is 0.458. The minimum atomic E-state index is -0.781. The number of carbonyl (C=O) groups is 1. The third-order valence-corrected chi connectivity index (χ3v) is 2.13. The van der Waals surface area contributed by atoms with E-state index in [1.807, 2.05) is 12.3 Å². The number of aliphatic hydroxyl groups is 1. The second kappa shape index (κ2) is 5.53. The fourth-order valence-electron chi connectivity index (χ4n) is 1.27. The van der Waals surface area contributed by atoms with Gasteiger partial charge in [0, 0.05) is 18.9 Å². The van der Waals surface area contributed by atoms with Crippen molar-refractivity contribution in [3.05, 3.63) is 24.0 Å². The van der Waals surface area contributed by atoms with E-state index in [9.17, 15) is 9.90 Å². The Kier molecular flexibility index (Phi) is 4.33. The van der Waals surface area contributed by atoms with Crippen LogP contribution in [0.4, 0.5) is 0 Å². The number of esters is 1. The van der Waals surface area contributed by atoms with Crippen LogP contribution in [-0.2, 0) is 16.1 Å². The number of aromatic nitrogens is 1. The summed E-state index contributed by atoms with van der Waals surface area (Å²) >= 11 is 0. The summed E-state index contributed by atoms with van der Waals surface area (Å²) in [5.74, 6) is -0.458. The average Bonchev–Trinajstić information content (AvgIpc) is 2.70. The summed E-state index contributed by atoms with van der Waals surface area (Å²) in [6.07, 6.45) is 2.84. The lowest BCUT2D eigenvalue weighted by atomic mass is 10.2. The minimum Gasteiger partial charge on any atom is -0.468 e. The molecule has 2 atom stereocenters. The van der Waals surface area contributed by atoms with Crippen LogP contribution >= 0.6 is 0 Å². The number of carbonyl (C=O) groups excluding carboxylic acids is 1. The van der Waals surface area contributed by atoms with Crippen LogP contribution in [0.25, 0.3) is 0 Å². The van der Waals surface area contributed by atoms with E-state index in [4.69, 9.17) is 0 Å². The molecule has 0 aliphatic heterocycles.